The Labute approximate surface area is 148 Å². The molecule has 2 heterocycles. The summed E-state index contributed by atoms with van der Waals surface area (Å²) < 4.78 is 16.2. The smallest absolute Gasteiger partial charge is 0.334 e. The largest absolute Gasteiger partial charge is 0.478 e. The van der Waals surface area contributed by atoms with Crippen molar-refractivity contribution in [3.05, 3.63) is 24.0 Å². The maximum atomic E-state index is 11.4. The fourth-order valence-corrected chi connectivity index (χ4v) is 3.65. The molecule has 0 aromatic carbocycles. The molecule has 2 fully saturated rings. The molecule has 1 aliphatic carbocycles. The Bertz CT molecular complexity index is 602. The molecule has 0 aromatic heterocycles. The molecule has 0 amide bonds. The first-order chi connectivity index (χ1) is 12.3. The summed E-state index contributed by atoms with van der Waals surface area (Å²) in [5.74, 6) is -2.49. The van der Waals surface area contributed by atoms with E-state index in [0.717, 1.165) is 6.26 Å². The molecule has 0 radical (unpaired) electrons. The fraction of sp³-hybridized carbons (Fsp3) is 0.688. The molecule has 3 aliphatic rings. The fourth-order valence-electron chi connectivity index (χ4n) is 3.65. The van der Waals surface area contributed by atoms with Crippen LogP contribution in [0.15, 0.2) is 24.0 Å². The molecule has 9 unspecified atom stereocenters. The van der Waals surface area contributed by atoms with Crippen LogP contribution in [0.5, 0.6) is 0 Å². The van der Waals surface area contributed by atoms with Crippen LogP contribution in [0, 0.1) is 11.8 Å². The van der Waals surface area contributed by atoms with Crippen LogP contribution < -0.4 is 0 Å². The number of aliphatic hydroxyl groups excluding tert-OH is 5. The van der Waals surface area contributed by atoms with Gasteiger partial charge in [-0.3, -0.25) is 0 Å². The Morgan fingerprint density at radius 2 is 1.88 bits per heavy atom. The molecule has 3 rings (SSSR count). The molecule has 10 heteroatoms. The van der Waals surface area contributed by atoms with Gasteiger partial charge in [-0.2, -0.15) is 0 Å². The minimum absolute atomic E-state index is 0.0265. The highest BCUT2D eigenvalue weighted by Crippen LogP contribution is 2.46. The van der Waals surface area contributed by atoms with Crippen LogP contribution in [-0.2, 0) is 19.0 Å². The lowest BCUT2D eigenvalue weighted by molar-refractivity contribution is -0.339. The van der Waals surface area contributed by atoms with E-state index < -0.39 is 67.5 Å². The van der Waals surface area contributed by atoms with Gasteiger partial charge in [-0.15, -0.1) is 0 Å². The second-order valence-corrected chi connectivity index (χ2v) is 6.67. The molecule has 0 aromatic rings. The molecule has 26 heavy (non-hydrogen) atoms. The summed E-state index contributed by atoms with van der Waals surface area (Å²) in [7, 11) is 0. The quantitative estimate of drug-likeness (QED) is 0.294. The second kappa shape index (κ2) is 7.24. The van der Waals surface area contributed by atoms with Crippen LogP contribution in [0.25, 0.3) is 0 Å². The summed E-state index contributed by atoms with van der Waals surface area (Å²) in [5.41, 5.74) is 0.304. The average molecular weight is 374 g/mol. The Balaban J connectivity index is 1.81. The van der Waals surface area contributed by atoms with Crippen molar-refractivity contribution < 1.29 is 49.6 Å². The minimum Gasteiger partial charge on any atom is -0.478 e. The van der Waals surface area contributed by atoms with Crippen molar-refractivity contribution in [3.63, 3.8) is 0 Å². The normalized spacial score (nSPS) is 45.7. The number of ether oxygens (including phenoxy) is 3. The number of carboxylic acids is 1. The maximum absolute atomic E-state index is 11.4. The summed E-state index contributed by atoms with van der Waals surface area (Å²) in [6.07, 6.45) is -8.28. The highest BCUT2D eigenvalue weighted by atomic mass is 16.8. The lowest BCUT2D eigenvalue weighted by atomic mass is 9.85. The number of hydrogen-bond donors (Lipinski definition) is 6. The number of carbonyl (C=O) groups is 1. The lowest BCUT2D eigenvalue weighted by Gasteiger charge is -2.42. The van der Waals surface area contributed by atoms with Gasteiger partial charge < -0.3 is 44.8 Å². The van der Waals surface area contributed by atoms with Crippen molar-refractivity contribution in [1.29, 1.82) is 0 Å². The van der Waals surface area contributed by atoms with E-state index in [1.807, 2.05) is 0 Å². The highest BCUT2D eigenvalue weighted by Gasteiger charge is 2.51. The Hall–Kier alpha value is -1.53. The summed E-state index contributed by atoms with van der Waals surface area (Å²) in [4.78, 5) is 11.4. The monoisotopic (exact) mass is 374 g/mol. The molecule has 9 atom stereocenters. The van der Waals surface area contributed by atoms with Gasteiger partial charge >= 0.3 is 5.97 Å². The zero-order valence-electron chi connectivity index (χ0n) is 13.7. The molecule has 1 saturated heterocycles. The van der Waals surface area contributed by atoms with Gasteiger partial charge in [0.15, 0.2) is 6.29 Å². The third-order valence-corrected chi connectivity index (χ3v) is 5.15. The molecule has 1 saturated carbocycles. The van der Waals surface area contributed by atoms with Gasteiger partial charge in [0.05, 0.1) is 30.5 Å². The van der Waals surface area contributed by atoms with E-state index in [4.69, 9.17) is 14.2 Å². The predicted molar refractivity (Wildman–Crippen MR) is 82.2 cm³/mol. The van der Waals surface area contributed by atoms with Gasteiger partial charge in [0, 0.05) is 5.92 Å². The summed E-state index contributed by atoms with van der Waals surface area (Å²) in [6.45, 7) is 3.16. The van der Waals surface area contributed by atoms with Crippen molar-refractivity contribution in [1.82, 2.24) is 0 Å². The first kappa shape index (κ1) is 19.2. The highest BCUT2D eigenvalue weighted by molar-refractivity contribution is 5.87. The number of rotatable bonds is 4. The first-order valence-corrected chi connectivity index (χ1v) is 8.17. The van der Waals surface area contributed by atoms with Gasteiger partial charge in [0.25, 0.3) is 0 Å². The zero-order chi connectivity index (χ0) is 19.2. The van der Waals surface area contributed by atoms with E-state index in [1.165, 1.54) is 0 Å². The van der Waals surface area contributed by atoms with E-state index in [9.17, 15) is 35.4 Å². The van der Waals surface area contributed by atoms with Crippen LogP contribution in [0.1, 0.15) is 6.42 Å². The van der Waals surface area contributed by atoms with Crippen molar-refractivity contribution in [2.75, 3.05) is 6.61 Å². The van der Waals surface area contributed by atoms with Gasteiger partial charge in [-0.25, -0.2) is 4.79 Å². The van der Waals surface area contributed by atoms with E-state index in [2.05, 4.69) is 6.58 Å². The first-order valence-electron chi connectivity index (χ1n) is 8.17. The molecule has 0 spiro atoms. The lowest BCUT2D eigenvalue weighted by Crippen LogP contribution is -2.60. The van der Waals surface area contributed by atoms with Crippen LogP contribution in [0.4, 0.5) is 0 Å². The third kappa shape index (κ3) is 3.14. The van der Waals surface area contributed by atoms with Crippen LogP contribution in [0.3, 0.4) is 0 Å². The Kier molecular flexibility index (Phi) is 5.35. The number of fused-ring (bicyclic) bond motifs is 1. The van der Waals surface area contributed by atoms with Gasteiger partial charge in [-0.05, 0) is 12.0 Å². The molecule has 2 aliphatic heterocycles. The van der Waals surface area contributed by atoms with E-state index in [1.54, 1.807) is 0 Å². The molecule has 0 bridgehead atoms. The summed E-state index contributed by atoms with van der Waals surface area (Å²) >= 11 is 0. The zero-order valence-corrected chi connectivity index (χ0v) is 13.7. The summed E-state index contributed by atoms with van der Waals surface area (Å²) in [5, 5.41) is 58.3. The van der Waals surface area contributed by atoms with Crippen LogP contribution in [0.2, 0.25) is 0 Å². The van der Waals surface area contributed by atoms with Crippen molar-refractivity contribution in [2.45, 2.75) is 49.5 Å². The number of aliphatic hydroxyl groups is 5. The van der Waals surface area contributed by atoms with E-state index in [-0.39, 0.29) is 12.0 Å². The van der Waals surface area contributed by atoms with Crippen LogP contribution >= 0.6 is 0 Å². The Morgan fingerprint density at radius 3 is 2.50 bits per heavy atom. The molecular formula is C16H22O10. The van der Waals surface area contributed by atoms with Crippen molar-refractivity contribution in [3.8, 4) is 0 Å². The SMILES string of the molecule is C=C1C(O)CC2C(C(=O)O)=COC(OC3OC(CO)C(O)C(O)C3O)C12. The van der Waals surface area contributed by atoms with Gasteiger partial charge in [-0.1, -0.05) is 6.58 Å². The molecular weight excluding hydrogens is 352 g/mol. The summed E-state index contributed by atoms with van der Waals surface area (Å²) in [6, 6.07) is 0. The average Bonchev–Trinajstić information content (AvgIpc) is 2.90. The van der Waals surface area contributed by atoms with Crippen molar-refractivity contribution >= 4 is 5.97 Å². The molecule has 146 valence electrons. The van der Waals surface area contributed by atoms with E-state index in [0.29, 0.717) is 5.57 Å². The predicted octanol–water partition coefficient (Wildman–Crippen LogP) is -2.32. The maximum Gasteiger partial charge on any atom is 0.334 e. The molecule has 6 N–H and O–H groups in total. The topological polar surface area (TPSA) is 166 Å². The minimum atomic E-state index is -1.63. The van der Waals surface area contributed by atoms with Crippen molar-refractivity contribution in [2.24, 2.45) is 11.8 Å². The number of hydrogen-bond acceptors (Lipinski definition) is 9. The Morgan fingerprint density at radius 1 is 1.19 bits per heavy atom. The number of carboxylic acid groups (broad SMARTS) is 1. The third-order valence-electron chi connectivity index (χ3n) is 5.15. The standard InChI is InChI=1S/C16H22O10/c1-5-8(18)2-6-7(14(22)23)4-24-15(10(5)6)26-16-13(21)12(20)11(19)9(3-17)25-16/h4,6,8-13,15-21H,1-3H2,(H,22,23). The van der Waals surface area contributed by atoms with E-state index >= 15 is 0 Å². The second-order valence-electron chi connectivity index (χ2n) is 6.67. The number of aliphatic carboxylic acids is 1. The van der Waals surface area contributed by atoms with Gasteiger partial charge in [0.1, 0.15) is 24.4 Å². The van der Waals surface area contributed by atoms with Crippen LogP contribution in [-0.4, -0.2) is 86.3 Å². The van der Waals surface area contributed by atoms with Gasteiger partial charge in [0.2, 0.25) is 6.29 Å². The molecule has 10 nitrogen and oxygen atoms in total.